The molecule has 0 aliphatic carbocycles. The fourth-order valence-electron chi connectivity index (χ4n) is 1.40. The summed E-state index contributed by atoms with van der Waals surface area (Å²) in [5.41, 5.74) is 2.05. The average molecular weight is 185 g/mol. The summed E-state index contributed by atoms with van der Waals surface area (Å²) in [4.78, 5) is 14.3. The standard InChI is InChI=1S/C12H11NO/c14-12-6-7-13-9-11(12)8-10-4-2-1-3-5-10/h1-7,9H,8H2,(H,13,14). The van der Waals surface area contributed by atoms with E-state index in [2.05, 4.69) is 4.98 Å². The number of H-pyrrole nitrogens is 1. The van der Waals surface area contributed by atoms with E-state index in [4.69, 9.17) is 0 Å². The minimum Gasteiger partial charge on any atom is -0.367 e. The van der Waals surface area contributed by atoms with E-state index < -0.39 is 0 Å². The molecule has 1 N–H and O–H groups in total. The third-order valence-corrected chi connectivity index (χ3v) is 2.14. The van der Waals surface area contributed by atoms with Crippen molar-refractivity contribution in [3.05, 3.63) is 70.1 Å². The van der Waals surface area contributed by atoms with E-state index in [0.29, 0.717) is 6.42 Å². The van der Waals surface area contributed by atoms with Crippen molar-refractivity contribution in [2.24, 2.45) is 0 Å². The molecule has 0 aliphatic rings. The molecule has 0 saturated heterocycles. The van der Waals surface area contributed by atoms with Crippen LogP contribution in [0.3, 0.4) is 0 Å². The van der Waals surface area contributed by atoms with Gasteiger partial charge in [-0.05, 0) is 5.56 Å². The van der Waals surface area contributed by atoms with Crippen molar-refractivity contribution < 1.29 is 0 Å². The van der Waals surface area contributed by atoms with Crippen molar-refractivity contribution >= 4 is 0 Å². The van der Waals surface area contributed by atoms with Crippen LogP contribution in [0.4, 0.5) is 0 Å². The molecular formula is C12H11NO. The normalized spacial score (nSPS) is 10.0. The van der Waals surface area contributed by atoms with Crippen LogP contribution in [0.25, 0.3) is 0 Å². The maximum Gasteiger partial charge on any atom is 0.185 e. The van der Waals surface area contributed by atoms with Gasteiger partial charge in [-0.15, -0.1) is 0 Å². The summed E-state index contributed by atoms with van der Waals surface area (Å²) in [7, 11) is 0. The number of hydrogen-bond donors (Lipinski definition) is 1. The molecule has 0 radical (unpaired) electrons. The highest BCUT2D eigenvalue weighted by molar-refractivity contribution is 5.23. The third-order valence-electron chi connectivity index (χ3n) is 2.14. The lowest BCUT2D eigenvalue weighted by Crippen LogP contribution is -2.07. The lowest BCUT2D eigenvalue weighted by atomic mass is 10.1. The Morgan fingerprint density at radius 1 is 1.07 bits per heavy atom. The second-order valence-corrected chi connectivity index (χ2v) is 3.20. The maximum atomic E-state index is 11.4. The zero-order valence-electron chi connectivity index (χ0n) is 7.73. The molecule has 1 aromatic heterocycles. The van der Waals surface area contributed by atoms with E-state index in [0.717, 1.165) is 11.1 Å². The highest BCUT2D eigenvalue weighted by Crippen LogP contribution is 2.03. The van der Waals surface area contributed by atoms with Gasteiger partial charge in [0.15, 0.2) is 5.43 Å². The summed E-state index contributed by atoms with van der Waals surface area (Å²) >= 11 is 0. The van der Waals surface area contributed by atoms with Crippen LogP contribution in [0.2, 0.25) is 0 Å². The second kappa shape index (κ2) is 3.92. The van der Waals surface area contributed by atoms with E-state index in [1.54, 1.807) is 18.5 Å². The molecule has 2 aromatic rings. The Morgan fingerprint density at radius 2 is 1.86 bits per heavy atom. The van der Waals surface area contributed by atoms with Gasteiger partial charge in [-0.1, -0.05) is 30.3 Å². The number of nitrogens with one attached hydrogen (secondary N) is 1. The van der Waals surface area contributed by atoms with E-state index in [1.165, 1.54) is 0 Å². The topological polar surface area (TPSA) is 32.9 Å². The Balaban J connectivity index is 2.28. The molecule has 0 unspecified atom stereocenters. The maximum absolute atomic E-state index is 11.4. The van der Waals surface area contributed by atoms with Gasteiger partial charge in [0.05, 0.1) is 0 Å². The van der Waals surface area contributed by atoms with Crippen LogP contribution in [-0.2, 0) is 6.42 Å². The van der Waals surface area contributed by atoms with Crippen LogP contribution in [0, 0.1) is 0 Å². The fourth-order valence-corrected chi connectivity index (χ4v) is 1.40. The molecular weight excluding hydrogens is 174 g/mol. The first-order chi connectivity index (χ1) is 6.86. The SMILES string of the molecule is O=c1cc[nH]cc1Cc1ccccc1. The van der Waals surface area contributed by atoms with Gasteiger partial charge in [-0.25, -0.2) is 0 Å². The Labute approximate surface area is 82.2 Å². The quantitative estimate of drug-likeness (QED) is 0.762. The Kier molecular flexibility index (Phi) is 2.45. The van der Waals surface area contributed by atoms with E-state index in [9.17, 15) is 4.79 Å². The minimum absolute atomic E-state index is 0.0904. The largest absolute Gasteiger partial charge is 0.367 e. The van der Waals surface area contributed by atoms with Gasteiger partial charge < -0.3 is 4.98 Å². The first kappa shape index (κ1) is 8.75. The molecule has 0 aliphatic heterocycles. The minimum atomic E-state index is 0.0904. The molecule has 0 spiro atoms. The average Bonchev–Trinajstić information content (AvgIpc) is 2.23. The first-order valence-electron chi connectivity index (χ1n) is 4.56. The molecule has 0 fully saturated rings. The molecule has 2 heteroatoms. The molecule has 14 heavy (non-hydrogen) atoms. The Morgan fingerprint density at radius 3 is 2.57 bits per heavy atom. The second-order valence-electron chi connectivity index (χ2n) is 3.20. The van der Waals surface area contributed by atoms with Crippen LogP contribution in [0.5, 0.6) is 0 Å². The Hall–Kier alpha value is -1.83. The predicted octanol–water partition coefficient (Wildman–Crippen LogP) is 1.97. The van der Waals surface area contributed by atoms with Crippen molar-refractivity contribution in [1.29, 1.82) is 0 Å². The summed E-state index contributed by atoms with van der Waals surface area (Å²) < 4.78 is 0. The lowest BCUT2D eigenvalue weighted by molar-refractivity contribution is 1.12. The molecule has 0 amide bonds. The van der Waals surface area contributed by atoms with Crippen molar-refractivity contribution in [2.75, 3.05) is 0 Å². The van der Waals surface area contributed by atoms with Crippen molar-refractivity contribution in [3.63, 3.8) is 0 Å². The first-order valence-corrected chi connectivity index (χ1v) is 4.56. The van der Waals surface area contributed by atoms with Gasteiger partial charge in [-0.3, -0.25) is 4.79 Å². The van der Waals surface area contributed by atoms with Crippen LogP contribution < -0.4 is 5.43 Å². The molecule has 2 nitrogen and oxygen atoms in total. The van der Waals surface area contributed by atoms with E-state index in [-0.39, 0.29) is 5.43 Å². The van der Waals surface area contributed by atoms with Gasteiger partial charge >= 0.3 is 0 Å². The van der Waals surface area contributed by atoms with Gasteiger partial charge in [0.1, 0.15) is 0 Å². The number of benzene rings is 1. The zero-order valence-corrected chi connectivity index (χ0v) is 7.73. The third kappa shape index (κ3) is 1.91. The van der Waals surface area contributed by atoms with Gasteiger partial charge in [0.2, 0.25) is 0 Å². The number of aromatic nitrogens is 1. The van der Waals surface area contributed by atoms with Crippen LogP contribution in [0.15, 0.2) is 53.6 Å². The molecule has 0 atom stereocenters. The van der Waals surface area contributed by atoms with Crippen molar-refractivity contribution in [2.45, 2.75) is 6.42 Å². The predicted molar refractivity (Wildman–Crippen MR) is 56.3 cm³/mol. The molecule has 1 aromatic carbocycles. The highest BCUT2D eigenvalue weighted by Gasteiger charge is 1.98. The Bertz CT molecular complexity index is 459. The molecule has 0 saturated carbocycles. The van der Waals surface area contributed by atoms with Crippen LogP contribution in [0.1, 0.15) is 11.1 Å². The summed E-state index contributed by atoms with van der Waals surface area (Å²) in [6.07, 6.45) is 4.10. The summed E-state index contributed by atoms with van der Waals surface area (Å²) in [6.45, 7) is 0. The zero-order chi connectivity index (χ0) is 9.80. The molecule has 70 valence electrons. The summed E-state index contributed by atoms with van der Waals surface area (Å²) in [5.74, 6) is 0. The smallest absolute Gasteiger partial charge is 0.185 e. The molecule has 2 rings (SSSR count). The highest BCUT2D eigenvalue weighted by atomic mass is 16.1. The lowest BCUT2D eigenvalue weighted by Gasteiger charge is -1.99. The van der Waals surface area contributed by atoms with Gasteiger partial charge in [0.25, 0.3) is 0 Å². The number of pyridine rings is 1. The summed E-state index contributed by atoms with van der Waals surface area (Å²) in [6, 6.07) is 11.5. The van der Waals surface area contributed by atoms with Crippen molar-refractivity contribution in [3.8, 4) is 0 Å². The number of rotatable bonds is 2. The summed E-state index contributed by atoms with van der Waals surface area (Å²) in [5, 5.41) is 0. The fraction of sp³-hybridized carbons (Fsp3) is 0.0833. The van der Waals surface area contributed by atoms with Crippen LogP contribution in [-0.4, -0.2) is 4.98 Å². The van der Waals surface area contributed by atoms with E-state index >= 15 is 0 Å². The van der Waals surface area contributed by atoms with Crippen LogP contribution >= 0.6 is 0 Å². The molecule has 0 bridgehead atoms. The van der Waals surface area contributed by atoms with Crippen molar-refractivity contribution in [1.82, 2.24) is 4.98 Å². The van der Waals surface area contributed by atoms with Gasteiger partial charge in [0, 0.05) is 30.4 Å². The number of hydrogen-bond acceptors (Lipinski definition) is 1. The molecule has 1 heterocycles. The van der Waals surface area contributed by atoms with E-state index in [1.807, 2.05) is 30.3 Å². The number of aromatic amines is 1. The monoisotopic (exact) mass is 185 g/mol. The van der Waals surface area contributed by atoms with Gasteiger partial charge in [-0.2, -0.15) is 0 Å².